The number of carbonyl (C=O) groups is 2. The first kappa shape index (κ1) is 15.1. The van der Waals surface area contributed by atoms with Gasteiger partial charge in [-0.25, -0.2) is 0 Å². The molecule has 0 fully saturated rings. The van der Waals surface area contributed by atoms with E-state index in [2.05, 4.69) is 4.98 Å². The van der Waals surface area contributed by atoms with Crippen LogP contribution in [-0.4, -0.2) is 41.0 Å². The molecule has 0 spiro atoms. The number of pyridine rings is 1. The Balaban J connectivity index is 2.66. The minimum atomic E-state index is -0.379. The summed E-state index contributed by atoms with van der Waals surface area (Å²) in [6.45, 7) is 5.81. The Morgan fingerprint density at radius 1 is 1.42 bits per heavy atom. The standard InChI is InChI=1S/C14H20N2O3/c1-4-19-14(18)10-16(11(2)3)13(17)8-12-6-5-7-15-9-12/h5-7,9,11H,4,8,10H2,1-3H3. The van der Waals surface area contributed by atoms with Crippen LogP contribution in [0.1, 0.15) is 26.3 Å². The lowest BCUT2D eigenvalue weighted by atomic mass is 10.1. The highest BCUT2D eigenvalue weighted by Gasteiger charge is 2.20. The molecule has 1 aromatic rings. The van der Waals surface area contributed by atoms with E-state index in [1.165, 1.54) is 4.90 Å². The summed E-state index contributed by atoms with van der Waals surface area (Å²) >= 11 is 0. The first-order chi connectivity index (χ1) is 9.04. The third kappa shape index (κ3) is 5.07. The van der Waals surface area contributed by atoms with Crippen LogP contribution in [0.25, 0.3) is 0 Å². The number of carbonyl (C=O) groups excluding carboxylic acids is 2. The molecule has 0 bridgehead atoms. The molecule has 5 heteroatoms. The number of esters is 1. The number of hydrogen-bond acceptors (Lipinski definition) is 4. The average Bonchev–Trinajstić information content (AvgIpc) is 2.37. The van der Waals surface area contributed by atoms with Crippen molar-refractivity contribution >= 4 is 11.9 Å². The van der Waals surface area contributed by atoms with Gasteiger partial charge < -0.3 is 9.64 Å². The molecule has 0 aromatic carbocycles. The van der Waals surface area contributed by atoms with Crippen molar-refractivity contribution in [1.82, 2.24) is 9.88 Å². The molecule has 0 aliphatic rings. The van der Waals surface area contributed by atoms with Gasteiger partial charge in [-0.15, -0.1) is 0 Å². The lowest BCUT2D eigenvalue weighted by Crippen LogP contribution is -2.42. The predicted molar refractivity (Wildman–Crippen MR) is 71.4 cm³/mol. The van der Waals surface area contributed by atoms with Gasteiger partial charge in [0.1, 0.15) is 6.54 Å². The summed E-state index contributed by atoms with van der Waals surface area (Å²) in [7, 11) is 0. The van der Waals surface area contributed by atoms with Crippen LogP contribution in [0.2, 0.25) is 0 Å². The molecule has 1 rings (SSSR count). The highest BCUT2D eigenvalue weighted by molar-refractivity contribution is 5.83. The van der Waals surface area contributed by atoms with E-state index in [1.807, 2.05) is 19.9 Å². The highest BCUT2D eigenvalue weighted by atomic mass is 16.5. The molecule has 0 saturated heterocycles. The first-order valence-electron chi connectivity index (χ1n) is 6.38. The van der Waals surface area contributed by atoms with Crippen LogP contribution in [0.5, 0.6) is 0 Å². The van der Waals surface area contributed by atoms with Gasteiger partial charge in [0.15, 0.2) is 0 Å². The Bertz CT molecular complexity index is 418. The van der Waals surface area contributed by atoms with Crippen molar-refractivity contribution in [2.45, 2.75) is 33.2 Å². The van der Waals surface area contributed by atoms with Gasteiger partial charge in [-0.3, -0.25) is 14.6 Å². The second kappa shape index (κ2) is 7.51. The summed E-state index contributed by atoms with van der Waals surface area (Å²) in [5.41, 5.74) is 0.835. The topological polar surface area (TPSA) is 59.5 Å². The zero-order valence-electron chi connectivity index (χ0n) is 11.6. The fraction of sp³-hybridized carbons (Fsp3) is 0.500. The van der Waals surface area contributed by atoms with E-state index < -0.39 is 0 Å². The largest absolute Gasteiger partial charge is 0.465 e. The number of rotatable bonds is 6. The average molecular weight is 264 g/mol. The third-order valence-electron chi connectivity index (χ3n) is 2.63. The number of hydrogen-bond donors (Lipinski definition) is 0. The normalized spacial score (nSPS) is 10.3. The molecule has 1 aromatic heterocycles. The van der Waals surface area contributed by atoms with Crippen LogP contribution in [0.4, 0.5) is 0 Å². The van der Waals surface area contributed by atoms with E-state index in [-0.39, 0.29) is 30.9 Å². The van der Waals surface area contributed by atoms with Crippen LogP contribution in [0.15, 0.2) is 24.5 Å². The second-order valence-electron chi connectivity index (χ2n) is 4.46. The number of amides is 1. The minimum Gasteiger partial charge on any atom is -0.465 e. The summed E-state index contributed by atoms with van der Waals surface area (Å²) in [4.78, 5) is 29.2. The van der Waals surface area contributed by atoms with Gasteiger partial charge in [-0.2, -0.15) is 0 Å². The van der Waals surface area contributed by atoms with Gasteiger partial charge >= 0.3 is 5.97 Å². The summed E-state index contributed by atoms with van der Waals surface area (Å²) in [5.74, 6) is -0.480. The van der Waals surface area contributed by atoms with Crippen molar-refractivity contribution in [2.75, 3.05) is 13.2 Å². The summed E-state index contributed by atoms with van der Waals surface area (Å²) < 4.78 is 4.88. The maximum atomic E-state index is 12.2. The zero-order valence-corrected chi connectivity index (χ0v) is 11.6. The maximum absolute atomic E-state index is 12.2. The first-order valence-corrected chi connectivity index (χ1v) is 6.38. The molecule has 19 heavy (non-hydrogen) atoms. The Morgan fingerprint density at radius 2 is 2.16 bits per heavy atom. The quantitative estimate of drug-likeness (QED) is 0.729. The molecule has 104 valence electrons. The Labute approximate surface area is 113 Å². The number of ether oxygens (including phenoxy) is 1. The third-order valence-corrected chi connectivity index (χ3v) is 2.63. The molecule has 0 aliphatic heterocycles. The van der Waals surface area contributed by atoms with E-state index in [0.29, 0.717) is 6.61 Å². The molecule has 0 atom stereocenters. The van der Waals surface area contributed by atoms with Crippen molar-refractivity contribution < 1.29 is 14.3 Å². The predicted octanol–water partition coefficient (Wildman–Crippen LogP) is 1.42. The molecule has 5 nitrogen and oxygen atoms in total. The SMILES string of the molecule is CCOC(=O)CN(C(=O)Cc1cccnc1)C(C)C. The maximum Gasteiger partial charge on any atom is 0.325 e. The van der Waals surface area contributed by atoms with Gasteiger partial charge in [-0.1, -0.05) is 6.07 Å². The molecule has 1 amide bonds. The van der Waals surface area contributed by atoms with Crippen molar-refractivity contribution in [1.29, 1.82) is 0 Å². The Hall–Kier alpha value is -1.91. The van der Waals surface area contributed by atoms with Gasteiger partial charge in [0, 0.05) is 18.4 Å². The minimum absolute atomic E-state index is 0.00932. The van der Waals surface area contributed by atoms with Gasteiger partial charge in [0.2, 0.25) is 5.91 Å². The van der Waals surface area contributed by atoms with Crippen LogP contribution >= 0.6 is 0 Å². The molecule has 0 aliphatic carbocycles. The highest BCUT2D eigenvalue weighted by Crippen LogP contribution is 2.05. The molecular formula is C14H20N2O3. The zero-order chi connectivity index (χ0) is 14.3. The van der Waals surface area contributed by atoms with Crippen LogP contribution in [-0.2, 0) is 20.7 Å². The summed E-state index contributed by atoms with van der Waals surface area (Å²) in [6, 6.07) is 3.58. The summed E-state index contributed by atoms with van der Waals surface area (Å²) in [6.07, 6.45) is 3.55. The van der Waals surface area contributed by atoms with E-state index in [0.717, 1.165) is 5.56 Å². The fourth-order valence-electron chi connectivity index (χ4n) is 1.68. The van der Waals surface area contributed by atoms with E-state index in [1.54, 1.807) is 25.4 Å². The summed E-state index contributed by atoms with van der Waals surface area (Å²) in [5, 5.41) is 0. The fourth-order valence-corrected chi connectivity index (χ4v) is 1.68. The van der Waals surface area contributed by atoms with Gasteiger partial charge in [0.05, 0.1) is 13.0 Å². The Kier molecular flexibility index (Phi) is 5.99. The van der Waals surface area contributed by atoms with E-state index >= 15 is 0 Å². The molecule has 0 radical (unpaired) electrons. The number of nitrogens with zero attached hydrogens (tertiary/aromatic N) is 2. The van der Waals surface area contributed by atoms with Gasteiger partial charge in [-0.05, 0) is 32.4 Å². The monoisotopic (exact) mass is 264 g/mol. The van der Waals surface area contributed by atoms with Crippen molar-refractivity contribution in [3.63, 3.8) is 0 Å². The van der Waals surface area contributed by atoms with E-state index in [9.17, 15) is 9.59 Å². The van der Waals surface area contributed by atoms with Crippen molar-refractivity contribution in [2.24, 2.45) is 0 Å². The van der Waals surface area contributed by atoms with Crippen molar-refractivity contribution in [3.05, 3.63) is 30.1 Å². The molecular weight excluding hydrogens is 244 g/mol. The molecule has 0 saturated carbocycles. The number of aromatic nitrogens is 1. The lowest BCUT2D eigenvalue weighted by molar-refractivity contribution is -0.149. The molecule has 1 heterocycles. The Morgan fingerprint density at radius 3 is 2.68 bits per heavy atom. The van der Waals surface area contributed by atoms with Crippen LogP contribution in [0, 0.1) is 0 Å². The van der Waals surface area contributed by atoms with Gasteiger partial charge in [0.25, 0.3) is 0 Å². The second-order valence-corrected chi connectivity index (χ2v) is 4.46. The van der Waals surface area contributed by atoms with Crippen LogP contribution in [0.3, 0.4) is 0 Å². The lowest BCUT2D eigenvalue weighted by Gasteiger charge is -2.25. The molecule has 0 unspecified atom stereocenters. The molecule has 0 N–H and O–H groups in total. The van der Waals surface area contributed by atoms with Crippen LogP contribution < -0.4 is 0 Å². The smallest absolute Gasteiger partial charge is 0.325 e. The van der Waals surface area contributed by atoms with E-state index in [4.69, 9.17) is 4.74 Å². The van der Waals surface area contributed by atoms with Crippen molar-refractivity contribution in [3.8, 4) is 0 Å².